The zero-order valence-electron chi connectivity index (χ0n) is 13.6. The lowest BCUT2D eigenvalue weighted by Crippen LogP contribution is -2.31. The first-order valence-electron chi connectivity index (χ1n) is 8.14. The number of imide groups is 1. The maximum Gasteiger partial charge on any atom is 0.353 e. The van der Waals surface area contributed by atoms with Crippen LogP contribution in [0.5, 0.6) is 5.75 Å². The smallest absolute Gasteiger partial charge is 0.353 e. The number of anilines is 1. The van der Waals surface area contributed by atoms with Gasteiger partial charge in [0.05, 0.1) is 17.5 Å². The maximum absolute atomic E-state index is 12.8. The maximum atomic E-state index is 12.8. The summed E-state index contributed by atoms with van der Waals surface area (Å²) in [6.07, 6.45) is 4.92. The monoisotopic (exact) mass is 387 g/mol. The van der Waals surface area contributed by atoms with Gasteiger partial charge in [0.25, 0.3) is 0 Å². The molecule has 0 radical (unpaired) electrons. The van der Waals surface area contributed by atoms with E-state index in [0.29, 0.717) is 22.7 Å². The minimum atomic E-state index is -0.540. The molecule has 2 aliphatic rings. The van der Waals surface area contributed by atoms with Crippen LogP contribution in [0.25, 0.3) is 0 Å². The molecule has 1 aliphatic carbocycles. The van der Waals surface area contributed by atoms with E-state index < -0.39 is 5.97 Å². The predicted octanol–water partition coefficient (Wildman–Crippen LogP) is 4.08. The number of carbonyl (C=O) groups excluding carboxylic acids is 3. The van der Waals surface area contributed by atoms with E-state index in [1.807, 2.05) is 12.2 Å². The fourth-order valence-corrected chi connectivity index (χ4v) is 4.10. The summed E-state index contributed by atoms with van der Waals surface area (Å²) < 4.78 is 5.46. The molecule has 0 bridgehead atoms. The largest absolute Gasteiger partial charge is 0.420 e. The number of nitrogens with zero attached hydrogens (tertiary/aromatic N) is 1. The highest BCUT2D eigenvalue weighted by Gasteiger charge is 2.48. The first kappa shape index (κ1) is 17.0. The van der Waals surface area contributed by atoms with E-state index in [9.17, 15) is 14.4 Å². The van der Waals surface area contributed by atoms with Crippen LogP contribution in [0.3, 0.4) is 0 Å². The van der Waals surface area contributed by atoms with Crippen LogP contribution in [0.15, 0.2) is 47.9 Å². The molecule has 2 aromatic rings. The average Bonchev–Trinajstić information content (AvgIpc) is 3.25. The molecule has 1 aliphatic heterocycles. The quantitative estimate of drug-likeness (QED) is 0.344. The number of ether oxygens (including phenoxy) is 1. The molecule has 1 aromatic carbocycles. The van der Waals surface area contributed by atoms with Gasteiger partial charge in [0.1, 0.15) is 4.88 Å². The number of amides is 2. The number of carbonyl (C=O) groups is 3. The summed E-state index contributed by atoms with van der Waals surface area (Å²) in [5.74, 6) is -1.69. The molecule has 2 unspecified atom stereocenters. The number of thiophene rings is 1. The molecule has 0 saturated carbocycles. The molecule has 2 heterocycles. The molecule has 2 amide bonds. The molecule has 5 nitrogen and oxygen atoms in total. The number of rotatable bonds is 3. The van der Waals surface area contributed by atoms with Gasteiger partial charge in [-0.2, -0.15) is 0 Å². The average molecular weight is 388 g/mol. The summed E-state index contributed by atoms with van der Waals surface area (Å²) in [7, 11) is 0. The summed E-state index contributed by atoms with van der Waals surface area (Å²) in [5.41, 5.74) is 0.215. The molecular weight excluding hydrogens is 374 g/mol. The van der Waals surface area contributed by atoms with E-state index in [1.165, 1.54) is 23.5 Å². The number of esters is 1. The zero-order valence-corrected chi connectivity index (χ0v) is 15.1. The molecule has 1 fully saturated rings. The summed E-state index contributed by atoms with van der Waals surface area (Å²) >= 11 is 7.33. The Labute approximate surface area is 158 Å². The molecule has 132 valence electrons. The van der Waals surface area contributed by atoms with Gasteiger partial charge >= 0.3 is 5.97 Å². The highest BCUT2D eigenvalue weighted by molar-refractivity contribution is 7.12. The molecule has 26 heavy (non-hydrogen) atoms. The van der Waals surface area contributed by atoms with Gasteiger partial charge < -0.3 is 4.74 Å². The van der Waals surface area contributed by atoms with Gasteiger partial charge in [0.15, 0.2) is 5.75 Å². The van der Waals surface area contributed by atoms with Crippen molar-refractivity contribution in [2.45, 2.75) is 12.8 Å². The third-order valence-corrected chi connectivity index (χ3v) is 5.68. The molecule has 0 spiro atoms. The number of hydrogen-bond donors (Lipinski definition) is 0. The second-order valence-electron chi connectivity index (χ2n) is 6.15. The van der Waals surface area contributed by atoms with Crippen LogP contribution in [0.4, 0.5) is 5.69 Å². The summed E-state index contributed by atoms with van der Waals surface area (Å²) in [5, 5.41) is 2.12. The van der Waals surface area contributed by atoms with Crippen molar-refractivity contribution in [1.82, 2.24) is 0 Å². The fourth-order valence-electron chi connectivity index (χ4n) is 3.33. The third kappa shape index (κ3) is 2.85. The van der Waals surface area contributed by atoms with Crippen molar-refractivity contribution in [3.05, 3.63) is 57.8 Å². The Balaban J connectivity index is 1.70. The Morgan fingerprint density at radius 3 is 2.42 bits per heavy atom. The molecule has 0 N–H and O–H groups in total. The van der Waals surface area contributed by atoms with Gasteiger partial charge in [-0.15, -0.1) is 11.3 Å². The van der Waals surface area contributed by atoms with E-state index in [2.05, 4.69) is 0 Å². The zero-order chi connectivity index (χ0) is 18.3. The topological polar surface area (TPSA) is 63.7 Å². The van der Waals surface area contributed by atoms with Crippen LogP contribution in [0, 0.1) is 11.8 Å². The van der Waals surface area contributed by atoms with Gasteiger partial charge in [0, 0.05) is 5.02 Å². The Hall–Kier alpha value is -2.44. The van der Waals surface area contributed by atoms with Crippen molar-refractivity contribution < 1.29 is 19.1 Å². The SMILES string of the molecule is O=C(Oc1ccc(Cl)cc1N1C(=O)C2CC=CCC2C1=O)c1cccs1. The lowest BCUT2D eigenvalue weighted by atomic mass is 9.85. The van der Waals surface area contributed by atoms with Crippen LogP contribution < -0.4 is 9.64 Å². The molecule has 1 aromatic heterocycles. The summed E-state index contributed by atoms with van der Waals surface area (Å²) in [4.78, 5) is 39.5. The highest BCUT2D eigenvalue weighted by Crippen LogP contribution is 2.42. The lowest BCUT2D eigenvalue weighted by molar-refractivity contribution is -0.122. The van der Waals surface area contributed by atoms with Crippen LogP contribution in [-0.4, -0.2) is 17.8 Å². The van der Waals surface area contributed by atoms with Crippen molar-refractivity contribution >= 4 is 46.4 Å². The van der Waals surface area contributed by atoms with Crippen LogP contribution >= 0.6 is 22.9 Å². The standard InChI is InChI=1S/C19H14ClNO4S/c20-11-7-8-15(25-19(24)16-6-3-9-26-16)14(10-11)21-17(22)12-4-1-2-5-13(12)18(21)23/h1-3,6-10,12-13H,4-5H2. The summed E-state index contributed by atoms with van der Waals surface area (Å²) in [6, 6.07) is 7.94. The van der Waals surface area contributed by atoms with Gasteiger partial charge in [-0.05, 0) is 42.5 Å². The predicted molar refractivity (Wildman–Crippen MR) is 98.6 cm³/mol. The van der Waals surface area contributed by atoms with E-state index in [-0.39, 0.29) is 35.1 Å². The molecule has 7 heteroatoms. The van der Waals surface area contributed by atoms with Crippen molar-refractivity contribution in [3.8, 4) is 5.75 Å². The van der Waals surface area contributed by atoms with Crippen LogP contribution in [0.2, 0.25) is 5.02 Å². The minimum absolute atomic E-state index is 0.140. The first-order valence-corrected chi connectivity index (χ1v) is 9.40. The van der Waals surface area contributed by atoms with Crippen molar-refractivity contribution in [1.29, 1.82) is 0 Å². The van der Waals surface area contributed by atoms with E-state index in [1.54, 1.807) is 23.6 Å². The van der Waals surface area contributed by atoms with Crippen LogP contribution in [-0.2, 0) is 9.59 Å². The number of hydrogen-bond acceptors (Lipinski definition) is 5. The number of fused-ring (bicyclic) bond motifs is 1. The normalized spacial score (nSPS) is 21.8. The van der Waals surface area contributed by atoms with Gasteiger partial charge in [-0.3, -0.25) is 9.59 Å². The Morgan fingerprint density at radius 2 is 1.81 bits per heavy atom. The molecule has 2 atom stereocenters. The minimum Gasteiger partial charge on any atom is -0.420 e. The number of benzene rings is 1. The molecule has 1 saturated heterocycles. The van der Waals surface area contributed by atoms with Crippen molar-refractivity contribution in [2.24, 2.45) is 11.8 Å². The van der Waals surface area contributed by atoms with E-state index >= 15 is 0 Å². The fraction of sp³-hybridized carbons (Fsp3) is 0.211. The molecular formula is C19H14ClNO4S. The third-order valence-electron chi connectivity index (χ3n) is 4.59. The molecule has 4 rings (SSSR count). The first-order chi connectivity index (χ1) is 12.6. The van der Waals surface area contributed by atoms with Gasteiger partial charge in [-0.1, -0.05) is 29.8 Å². The Bertz CT molecular complexity index is 896. The van der Waals surface area contributed by atoms with Crippen molar-refractivity contribution in [2.75, 3.05) is 4.90 Å². The van der Waals surface area contributed by atoms with Crippen LogP contribution in [0.1, 0.15) is 22.5 Å². The Morgan fingerprint density at radius 1 is 1.12 bits per heavy atom. The second kappa shape index (κ2) is 6.70. The van der Waals surface area contributed by atoms with Gasteiger partial charge in [0.2, 0.25) is 11.8 Å². The van der Waals surface area contributed by atoms with Gasteiger partial charge in [-0.25, -0.2) is 9.69 Å². The summed E-state index contributed by atoms with van der Waals surface area (Å²) in [6.45, 7) is 0. The number of allylic oxidation sites excluding steroid dienone is 2. The second-order valence-corrected chi connectivity index (χ2v) is 7.53. The number of halogens is 1. The lowest BCUT2D eigenvalue weighted by Gasteiger charge is -2.18. The van der Waals surface area contributed by atoms with E-state index in [0.717, 1.165) is 4.90 Å². The van der Waals surface area contributed by atoms with E-state index in [4.69, 9.17) is 16.3 Å². The van der Waals surface area contributed by atoms with Crippen molar-refractivity contribution in [3.63, 3.8) is 0 Å². The highest BCUT2D eigenvalue weighted by atomic mass is 35.5. The Kier molecular flexibility index (Phi) is 4.38.